The molecule has 0 N–H and O–H groups in total. The number of rotatable bonds is 6. The first-order chi connectivity index (χ1) is 10.8. The van der Waals surface area contributed by atoms with Crippen molar-refractivity contribution < 1.29 is 4.57 Å². The molecule has 3 nitrogen and oxygen atoms in total. The molecule has 0 radical (unpaired) electrons. The van der Waals surface area contributed by atoms with E-state index in [9.17, 15) is 0 Å². The monoisotopic (exact) mass is 298 g/mol. The maximum Gasteiger partial charge on any atom is 0.168 e. The highest BCUT2D eigenvalue weighted by Crippen LogP contribution is 2.08. The van der Waals surface area contributed by atoms with Crippen LogP contribution >= 0.6 is 0 Å². The summed E-state index contributed by atoms with van der Waals surface area (Å²) in [7, 11) is 0. The van der Waals surface area contributed by atoms with Crippen molar-refractivity contribution >= 4 is 0 Å². The molecule has 0 bridgehead atoms. The molecule has 1 atom stereocenters. The molecule has 0 fully saturated rings. The van der Waals surface area contributed by atoms with Gasteiger partial charge in [0.25, 0.3) is 0 Å². The van der Waals surface area contributed by atoms with Crippen molar-refractivity contribution in [2.45, 2.75) is 52.1 Å². The normalized spacial score (nSPS) is 15.9. The van der Waals surface area contributed by atoms with Crippen LogP contribution in [0.5, 0.6) is 0 Å². The van der Waals surface area contributed by atoms with E-state index in [2.05, 4.69) is 53.9 Å². The maximum absolute atomic E-state index is 8.78. The van der Waals surface area contributed by atoms with Gasteiger partial charge in [-0.2, -0.15) is 5.26 Å². The largest absolute Gasteiger partial charge is 0.359 e. The maximum atomic E-state index is 8.78. The topological polar surface area (TPSA) is 30.9 Å². The Morgan fingerprint density at radius 3 is 2.41 bits per heavy atom. The summed E-state index contributed by atoms with van der Waals surface area (Å²) in [6.45, 7) is 6.50. The smallest absolute Gasteiger partial charge is 0.168 e. The van der Waals surface area contributed by atoms with Gasteiger partial charge in [0.15, 0.2) is 12.4 Å². The highest BCUT2D eigenvalue weighted by atomic mass is 15.1. The van der Waals surface area contributed by atoms with Crippen LogP contribution in [0.25, 0.3) is 0 Å². The van der Waals surface area contributed by atoms with E-state index < -0.39 is 0 Å². The summed E-state index contributed by atoms with van der Waals surface area (Å²) in [6.07, 6.45) is 16.9. The molecule has 2 rings (SSSR count). The molecule has 3 heteroatoms. The van der Waals surface area contributed by atoms with Gasteiger partial charge in [-0.05, 0) is 18.6 Å². The van der Waals surface area contributed by atoms with Crippen LogP contribution in [0, 0.1) is 11.3 Å². The molecule has 1 aromatic heterocycles. The molecule has 22 heavy (non-hydrogen) atoms. The first-order valence-electron chi connectivity index (χ1n) is 8.26. The van der Waals surface area contributed by atoms with E-state index in [0.717, 1.165) is 19.5 Å². The molecule has 0 spiro atoms. The Morgan fingerprint density at radius 1 is 1.05 bits per heavy atom. The second-order valence-electron chi connectivity index (χ2n) is 5.36. The average molecular weight is 298 g/mol. The number of unbranched alkanes of at least 4 members (excludes halogenated alkanes) is 2. The van der Waals surface area contributed by atoms with Crippen LogP contribution in [-0.2, 0) is 6.54 Å². The summed E-state index contributed by atoms with van der Waals surface area (Å²) in [6, 6.07) is 8.37. The third-order valence-electron chi connectivity index (χ3n) is 3.49. The quantitative estimate of drug-likeness (QED) is 0.747. The Morgan fingerprint density at radius 2 is 1.77 bits per heavy atom. The SMILES string of the molecule is CCCCN1C=CC=CC1C#N.CCCC[n+]1ccccc1. The van der Waals surface area contributed by atoms with Crippen LogP contribution in [0.2, 0.25) is 0 Å². The van der Waals surface area contributed by atoms with Crippen molar-refractivity contribution in [3.63, 3.8) is 0 Å². The van der Waals surface area contributed by atoms with Gasteiger partial charge < -0.3 is 4.90 Å². The van der Waals surface area contributed by atoms with Gasteiger partial charge in [0.1, 0.15) is 12.6 Å². The van der Waals surface area contributed by atoms with Gasteiger partial charge in [-0.25, -0.2) is 4.57 Å². The van der Waals surface area contributed by atoms with E-state index in [1.54, 1.807) is 0 Å². The summed E-state index contributed by atoms with van der Waals surface area (Å²) in [4.78, 5) is 2.07. The Bertz CT molecular complexity index is 485. The van der Waals surface area contributed by atoms with Crippen LogP contribution in [0.1, 0.15) is 39.5 Å². The molecule has 0 aromatic carbocycles. The lowest BCUT2D eigenvalue weighted by Gasteiger charge is -2.24. The molecule has 118 valence electrons. The third kappa shape index (κ3) is 7.08. The van der Waals surface area contributed by atoms with Gasteiger partial charge in [0.2, 0.25) is 0 Å². The molecule has 1 aliphatic rings. The van der Waals surface area contributed by atoms with Crippen LogP contribution in [0.3, 0.4) is 0 Å². The minimum Gasteiger partial charge on any atom is -0.359 e. The summed E-state index contributed by atoms with van der Waals surface area (Å²) >= 11 is 0. The lowest BCUT2D eigenvalue weighted by atomic mass is 10.2. The van der Waals surface area contributed by atoms with Gasteiger partial charge in [0, 0.05) is 31.3 Å². The van der Waals surface area contributed by atoms with Crippen molar-refractivity contribution in [3.05, 3.63) is 55.0 Å². The highest BCUT2D eigenvalue weighted by molar-refractivity contribution is 5.19. The lowest BCUT2D eigenvalue weighted by molar-refractivity contribution is -0.697. The van der Waals surface area contributed by atoms with Crippen molar-refractivity contribution in [3.8, 4) is 6.07 Å². The minimum atomic E-state index is -0.0541. The van der Waals surface area contributed by atoms with Gasteiger partial charge in [-0.15, -0.1) is 0 Å². The van der Waals surface area contributed by atoms with Crippen LogP contribution in [0.4, 0.5) is 0 Å². The molecule has 1 aliphatic heterocycles. The van der Waals surface area contributed by atoms with E-state index in [-0.39, 0.29) is 6.04 Å². The summed E-state index contributed by atoms with van der Waals surface area (Å²) in [5.74, 6) is 0. The number of nitriles is 1. The molecule has 0 amide bonds. The number of hydrogen-bond acceptors (Lipinski definition) is 2. The molecule has 2 heterocycles. The first-order valence-corrected chi connectivity index (χ1v) is 8.26. The fraction of sp³-hybridized carbons (Fsp3) is 0.474. The first kappa shape index (κ1) is 18.0. The molecular weight excluding hydrogens is 270 g/mol. The fourth-order valence-electron chi connectivity index (χ4n) is 2.13. The van der Waals surface area contributed by atoms with Gasteiger partial charge in [-0.3, -0.25) is 0 Å². The zero-order valence-corrected chi connectivity index (χ0v) is 13.9. The van der Waals surface area contributed by atoms with Crippen molar-refractivity contribution in [2.24, 2.45) is 0 Å². The number of allylic oxidation sites excluding steroid dienone is 2. The zero-order valence-electron chi connectivity index (χ0n) is 13.9. The zero-order chi connectivity index (χ0) is 16.0. The van der Waals surface area contributed by atoms with Crippen LogP contribution in [0.15, 0.2) is 55.0 Å². The standard InChI is InChI=1S/C10H14N2.C9H14N/c1-2-3-7-12-8-5-4-6-10(12)9-11;1-2-3-7-10-8-5-4-6-9-10/h4-6,8,10H,2-3,7H2,1H3;4-6,8-9H,2-3,7H2,1H3/q;+1. The predicted molar refractivity (Wildman–Crippen MR) is 90.8 cm³/mol. The molecular formula is C19H28N3+. The molecule has 1 unspecified atom stereocenters. The molecule has 0 saturated heterocycles. The summed E-state index contributed by atoms with van der Waals surface area (Å²) in [5.41, 5.74) is 0. The van der Waals surface area contributed by atoms with Crippen LogP contribution in [-0.4, -0.2) is 17.5 Å². The van der Waals surface area contributed by atoms with Crippen molar-refractivity contribution in [1.29, 1.82) is 5.26 Å². The number of hydrogen-bond donors (Lipinski definition) is 0. The summed E-state index contributed by atoms with van der Waals surface area (Å²) in [5, 5.41) is 8.78. The fourth-order valence-corrected chi connectivity index (χ4v) is 2.13. The Labute approximate surface area is 135 Å². The van der Waals surface area contributed by atoms with E-state index in [1.165, 1.54) is 19.3 Å². The third-order valence-corrected chi connectivity index (χ3v) is 3.49. The van der Waals surface area contributed by atoms with Gasteiger partial charge in [-0.1, -0.05) is 38.8 Å². The average Bonchev–Trinajstić information content (AvgIpc) is 2.60. The van der Waals surface area contributed by atoms with Crippen molar-refractivity contribution in [2.75, 3.05) is 6.54 Å². The lowest BCUT2D eigenvalue weighted by Crippen LogP contribution is -2.31. The highest BCUT2D eigenvalue weighted by Gasteiger charge is 2.11. The number of nitrogens with zero attached hydrogens (tertiary/aromatic N) is 3. The Balaban J connectivity index is 0.000000224. The van der Waals surface area contributed by atoms with Gasteiger partial charge in [0.05, 0.1) is 6.07 Å². The second-order valence-corrected chi connectivity index (χ2v) is 5.36. The van der Waals surface area contributed by atoms with E-state index >= 15 is 0 Å². The van der Waals surface area contributed by atoms with E-state index in [0.29, 0.717) is 0 Å². The number of pyridine rings is 1. The predicted octanol–water partition coefficient (Wildman–Crippen LogP) is 3.84. The van der Waals surface area contributed by atoms with E-state index in [4.69, 9.17) is 5.26 Å². The number of aromatic nitrogens is 1. The molecule has 0 aliphatic carbocycles. The van der Waals surface area contributed by atoms with E-state index in [1.807, 2.05) is 30.5 Å². The van der Waals surface area contributed by atoms with Crippen LogP contribution < -0.4 is 4.57 Å². The van der Waals surface area contributed by atoms with Gasteiger partial charge >= 0.3 is 0 Å². The second kappa shape index (κ2) is 11.6. The minimum absolute atomic E-state index is 0.0541. The molecule has 0 saturated carbocycles. The Kier molecular flexibility index (Phi) is 9.45. The van der Waals surface area contributed by atoms with Crippen molar-refractivity contribution in [1.82, 2.24) is 4.90 Å². The molecule has 1 aromatic rings. The number of aryl methyl sites for hydroxylation is 1. The summed E-state index contributed by atoms with van der Waals surface area (Å²) < 4.78 is 2.21. The Hall–Kier alpha value is -2.08.